The fourth-order valence-corrected chi connectivity index (χ4v) is 1.98. The van der Waals surface area contributed by atoms with Crippen molar-refractivity contribution in [2.24, 2.45) is 5.92 Å². The lowest BCUT2D eigenvalue weighted by atomic mass is 10.0. The van der Waals surface area contributed by atoms with Crippen molar-refractivity contribution in [1.82, 2.24) is 10.3 Å². The third kappa shape index (κ3) is 4.26. The van der Waals surface area contributed by atoms with Crippen LogP contribution in [-0.4, -0.2) is 23.2 Å². The molecule has 0 aliphatic heterocycles. The van der Waals surface area contributed by atoms with Gasteiger partial charge in [0.05, 0.1) is 17.3 Å². The van der Waals surface area contributed by atoms with E-state index in [1.165, 1.54) is 11.3 Å². The number of carbonyl (C=O) groups excluding carboxylic acids is 2. The molecule has 0 aliphatic carbocycles. The molecular formula is C12H15N3O2S. The summed E-state index contributed by atoms with van der Waals surface area (Å²) in [6, 6.07) is 1.76. The molecule has 0 bridgehead atoms. The van der Waals surface area contributed by atoms with Crippen LogP contribution >= 0.6 is 11.3 Å². The van der Waals surface area contributed by atoms with E-state index in [9.17, 15) is 9.59 Å². The summed E-state index contributed by atoms with van der Waals surface area (Å²) in [6.07, 6.45) is 1.42. The highest BCUT2D eigenvalue weighted by molar-refractivity contribution is 7.07. The molecule has 0 spiro atoms. The van der Waals surface area contributed by atoms with Gasteiger partial charge in [-0.25, -0.2) is 4.98 Å². The minimum absolute atomic E-state index is 0.168. The zero-order valence-corrected chi connectivity index (χ0v) is 11.0. The smallest absolute Gasteiger partial charge is 0.244 e. The van der Waals surface area contributed by atoms with Crippen LogP contribution in [-0.2, 0) is 16.0 Å². The number of aromatic nitrogens is 1. The van der Waals surface area contributed by atoms with Gasteiger partial charge in [0.1, 0.15) is 0 Å². The Kier molecular flexibility index (Phi) is 6.01. The molecule has 0 aliphatic rings. The average molecular weight is 265 g/mol. The number of nitriles is 1. The van der Waals surface area contributed by atoms with Crippen LogP contribution in [0.4, 0.5) is 0 Å². The summed E-state index contributed by atoms with van der Waals surface area (Å²) >= 11 is 1.46. The second-order valence-electron chi connectivity index (χ2n) is 3.80. The van der Waals surface area contributed by atoms with Crippen LogP contribution in [0.2, 0.25) is 0 Å². The van der Waals surface area contributed by atoms with Gasteiger partial charge in [0.2, 0.25) is 5.91 Å². The Balaban J connectivity index is 2.47. The number of carbonyl (C=O) groups is 2. The van der Waals surface area contributed by atoms with Crippen LogP contribution < -0.4 is 5.32 Å². The summed E-state index contributed by atoms with van der Waals surface area (Å²) in [4.78, 5) is 27.4. The average Bonchev–Trinajstić information content (AvgIpc) is 2.87. The van der Waals surface area contributed by atoms with Crippen LogP contribution in [0.1, 0.15) is 25.5 Å². The van der Waals surface area contributed by atoms with Gasteiger partial charge >= 0.3 is 0 Å². The van der Waals surface area contributed by atoms with E-state index >= 15 is 0 Å². The molecule has 18 heavy (non-hydrogen) atoms. The molecule has 1 unspecified atom stereocenters. The van der Waals surface area contributed by atoms with E-state index in [4.69, 9.17) is 5.26 Å². The number of rotatable bonds is 7. The van der Waals surface area contributed by atoms with Crippen LogP contribution in [0.5, 0.6) is 0 Å². The SMILES string of the molecule is CCCNC(=O)C(C#N)C(=O)CCc1cscn1. The molecule has 1 heterocycles. The highest BCUT2D eigenvalue weighted by Gasteiger charge is 2.25. The minimum atomic E-state index is -1.20. The molecule has 1 aromatic heterocycles. The molecule has 5 nitrogen and oxygen atoms in total. The first-order chi connectivity index (χ1) is 8.69. The fraction of sp³-hybridized carbons (Fsp3) is 0.500. The molecule has 1 N–H and O–H groups in total. The van der Waals surface area contributed by atoms with Gasteiger partial charge in [0, 0.05) is 18.3 Å². The van der Waals surface area contributed by atoms with Crippen LogP contribution in [0, 0.1) is 17.2 Å². The summed E-state index contributed by atoms with van der Waals surface area (Å²) in [7, 11) is 0. The number of nitrogens with zero attached hydrogens (tertiary/aromatic N) is 2. The topological polar surface area (TPSA) is 82.9 Å². The summed E-state index contributed by atoms with van der Waals surface area (Å²) in [5.41, 5.74) is 2.51. The number of thiazole rings is 1. The molecular weight excluding hydrogens is 250 g/mol. The van der Waals surface area contributed by atoms with Crippen molar-refractivity contribution in [1.29, 1.82) is 5.26 Å². The number of hydrogen-bond acceptors (Lipinski definition) is 5. The molecule has 0 aromatic carbocycles. The molecule has 0 fully saturated rings. The zero-order valence-electron chi connectivity index (χ0n) is 10.2. The van der Waals surface area contributed by atoms with Crippen molar-refractivity contribution >= 4 is 23.0 Å². The fourth-order valence-electron chi connectivity index (χ4n) is 1.38. The van der Waals surface area contributed by atoms with E-state index < -0.39 is 11.8 Å². The van der Waals surface area contributed by atoms with Crippen molar-refractivity contribution in [2.75, 3.05) is 6.54 Å². The van der Waals surface area contributed by atoms with Gasteiger partial charge < -0.3 is 5.32 Å². The summed E-state index contributed by atoms with van der Waals surface area (Å²) in [5, 5.41) is 13.3. The lowest BCUT2D eigenvalue weighted by Gasteiger charge is -2.08. The first-order valence-corrected chi connectivity index (χ1v) is 6.70. The molecule has 1 atom stereocenters. The number of Topliss-reactive ketones (excluding diaryl/α,β-unsaturated/α-hetero) is 1. The third-order valence-corrected chi connectivity index (χ3v) is 3.01. The first kappa shape index (κ1) is 14.3. The van der Waals surface area contributed by atoms with Crippen molar-refractivity contribution < 1.29 is 9.59 Å². The third-order valence-electron chi connectivity index (χ3n) is 2.37. The van der Waals surface area contributed by atoms with Crippen LogP contribution in [0.3, 0.4) is 0 Å². The standard InChI is InChI=1S/C12H15N3O2S/c1-2-5-14-12(17)10(6-13)11(16)4-3-9-7-18-8-15-9/h7-8,10H,2-5H2,1H3,(H,14,17). The van der Waals surface area contributed by atoms with Gasteiger partial charge in [0.25, 0.3) is 0 Å². The quantitative estimate of drug-likeness (QED) is 0.753. The number of ketones is 1. The predicted octanol–water partition coefficient (Wildman–Crippen LogP) is 1.31. The van der Waals surface area contributed by atoms with E-state index in [-0.39, 0.29) is 12.2 Å². The summed E-state index contributed by atoms with van der Waals surface area (Å²) in [6.45, 7) is 2.39. The van der Waals surface area contributed by atoms with Gasteiger partial charge in [-0.05, 0) is 12.8 Å². The van der Waals surface area contributed by atoms with Crippen molar-refractivity contribution in [3.63, 3.8) is 0 Å². The largest absolute Gasteiger partial charge is 0.355 e. The number of nitrogens with one attached hydrogen (secondary N) is 1. The maximum atomic E-state index is 11.8. The van der Waals surface area contributed by atoms with Crippen molar-refractivity contribution in [3.8, 4) is 6.07 Å². The zero-order chi connectivity index (χ0) is 13.4. The lowest BCUT2D eigenvalue weighted by molar-refractivity contribution is -0.131. The highest BCUT2D eigenvalue weighted by atomic mass is 32.1. The van der Waals surface area contributed by atoms with Gasteiger partial charge in [0.15, 0.2) is 11.7 Å². The van der Waals surface area contributed by atoms with E-state index in [0.29, 0.717) is 13.0 Å². The number of hydrogen-bond donors (Lipinski definition) is 1. The van der Waals surface area contributed by atoms with Gasteiger partial charge in [-0.3, -0.25) is 9.59 Å². The van der Waals surface area contributed by atoms with E-state index in [1.807, 2.05) is 12.3 Å². The molecule has 1 rings (SSSR count). The highest BCUT2D eigenvalue weighted by Crippen LogP contribution is 2.08. The number of amides is 1. The predicted molar refractivity (Wildman–Crippen MR) is 67.8 cm³/mol. The van der Waals surface area contributed by atoms with E-state index in [2.05, 4.69) is 10.3 Å². The van der Waals surface area contributed by atoms with Crippen molar-refractivity contribution in [2.45, 2.75) is 26.2 Å². The van der Waals surface area contributed by atoms with Gasteiger partial charge in [-0.1, -0.05) is 6.92 Å². The first-order valence-electron chi connectivity index (χ1n) is 5.76. The van der Waals surface area contributed by atoms with Crippen LogP contribution in [0.15, 0.2) is 10.9 Å². The second-order valence-corrected chi connectivity index (χ2v) is 4.52. The van der Waals surface area contributed by atoms with Crippen molar-refractivity contribution in [3.05, 3.63) is 16.6 Å². The Morgan fingerprint density at radius 2 is 2.39 bits per heavy atom. The van der Waals surface area contributed by atoms with Gasteiger partial charge in [-0.15, -0.1) is 11.3 Å². The molecule has 1 amide bonds. The Bertz CT molecular complexity index is 437. The Labute approximate surface area is 110 Å². The van der Waals surface area contributed by atoms with Crippen LogP contribution in [0.25, 0.3) is 0 Å². The molecule has 0 saturated heterocycles. The molecule has 0 radical (unpaired) electrons. The normalized spacial score (nSPS) is 11.6. The molecule has 0 saturated carbocycles. The van der Waals surface area contributed by atoms with E-state index in [0.717, 1.165) is 12.1 Å². The number of aryl methyl sites for hydroxylation is 1. The minimum Gasteiger partial charge on any atom is -0.355 e. The molecule has 1 aromatic rings. The maximum Gasteiger partial charge on any atom is 0.244 e. The molecule has 96 valence electrons. The Morgan fingerprint density at radius 3 is 2.94 bits per heavy atom. The maximum absolute atomic E-state index is 11.8. The monoisotopic (exact) mass is 265 g/mol. The summed E-state index contributed by atoms with van der Waals surface area (Å²) in [5.74, 6) is -2.04. The Hall–Kier alpha value is -1.74. The summed E-state index contributed by atoms with van der Waals surface area (Å²) < 4.78 is 0. The van der Waals surface area contributed by atoms with Gasteiger partial charge in [-0.2, -0.15) is 5.26 Å². The van der Waals surface area contributed by atoms with E-state index in [1.54, 1.807) is 11.6 Å². The Morgan fingerprint density at radius 1 is 1.61 bits per heavy atom. The second kappa shape index (κ2) is 7.56. The lowest BCUT2D eigenvalue weighted by Crippen LogP contribution is -2.35. The molecule has 6 heteroatoms.